The molecule has 1 aromatic heterocycles. The molecule has 1 unspecified atom stereocenters. The Morgan fingerprint density at radius 1 is 1.28 bits per heavy atom. The fourth-order valence-corrected chi connectivity index (χ4v) is 4.87. The van der Waals surface area contributed by atoms with E-state index in [9.17, 15) is 4.79 Å². The van der Waals surface area contributed by atoms with Gasteiger partial charge in [0, 0.05) is 7.05 Å². The smallest absolute Gasteiger partial charge is 0.233 e. The molecule has 1 fully saturated rings. The van der Waals surface area contributed by atoms with Crippen molar-refractivity contribution in [2.45, 2.75) is 55.8 Å². The van der Waals surface area contributed by atoms with Crippen LogP contribution in [0.4, 0.5) is 0 Å². The van der Waals surface area contributed by atoms with Crippen LogP contribution in [0.25, 0.3) is 0 Å². The average Bonchev–Trinajstić information content (AvgIpc) is 3.38. The molecule has 2 aromatic rings. The van der Waals surface area contributed by atoms with E-state index in [4.69, 9.17) is 0 Å². The molecule has 1 saturated carbocycles. The Morgan fingerprint density at radius 3 is 2.92 bits per heavy atom. The molecule has 0 aliphatic heterocycles. The zero-order valence-corrected chi connectivity index (χ0v) is 15.3. The number of carbonyl (C=O) groups is 1. The second kappa shape index (κ2) is 7.15. The number of aromatic nitrogens is 4. The third-order valence-corrected chi connectivity index (χ3v) is 6.34. The normalized spacial score (nSPS) is 20.0. The Kier molecular flexibility index (Phi) is 4.74. The lowest BCUT2D eigenvalue weighted by molar-refractivity contribution is -0.129. The van der Waals surface area contributed by atoms with Crippen molar-refractivity contribution in [3.63, 3.8) is 0 Å². The largest absolute Gasteiger partial charge is 0.338 e. The maximum Gasteiger partial charge on any atom is 0.233 e. The number of nitrogens with zero attached hydrogens (tertiary/aromatic N) is 5. The van der Waals surface area contributed by atoms with Gasteiger partial charge in [0.15, 0.2) is 0 Å². The minimum Gasteiger partial charge on any atom is -0.338 e. The molecule has 132 valence electrons. The fraction of sp³-hybridized carbons (Fsp3) is 0.556. The van der Waals surface area contributed by atoms with E-state index in [2.05, 4.69) is 39.8 Å². The summed E-state index contributed by atoms with van der Waals surface area (Å²) in [7, 11) is 1.91. The summed E-state index contributed by atoms with van der Waals surface area (Å²) in [4.78, 5) is 14.6. The van der Waals surface area contributed by atoms with Crippen molar-refractivity contribution in [2.24, 2.45) is 0 Å². The summed E-state index contributed by atoms with van der Waals surface area (Å²) in [5, 5.41) is 12.8. The quantitative estimate of drug-likeness (QED) is 0.770. The van der Waals surface area contributed by atoms with Gasteiger partial charge in [0.25, 0.3) is 0 Å². The maximum atomic E-state index is 12.7. The number of hydrogen-bond acceptors (Lipinski definition) is 5. The van der Waals surface area contributed by atoms with Crippen molar-refractivity contribution >= 4 is 17.7 Å². The molecule has 4 rings (SSSR count). The average molecular weight is 357 g/mol. The summed E-state index contributed by atoms with van der Waals surface area (Å²) in [6, 6.07) is 9.02. The Morgan fingerprint density at radius 2 is 2.08 bits per heavy atom. The molecule has 1 atom stereocenters. The second-order valence-electron chi connectivity index (χ2n) is 6.89. The lowest BCUT2D eigenvalue weighted by atomic mass is 10.1. The number of carbonyl (C=O) groups excluding carboxylic acids is 1. The number of tetrazole rings is 1. The fourth-order valence-electron chi connectivity index (χ4n) is 4.00. The lowest BCUT2D eigenvalue weighted by Crippen LogP contribution is -2.31. The molecule has 0 spiro atoms. The first-order valence-electron chi connectivity index (χ1n) is 8.98. The number of amides is 1. The first-order valence-corrected chi connectivity index (χ1v) is 9.96. The first kappa shape index (κ1) is 16.6. The van der Waals surface area contributed by atoms with E-state index in [0.29, 0.717) is 11.8 Å². The highest BCUT2D eigenvalue weighted by molar-refractivity contribution is 7.99. The van der Waals surface area contributed by atoms with Crippen molar-refractivity contribution < 1.29 is 4.79 Å². The van der Waals surface area contributed by atoms with E-state index in [1.807, 2.05) is 16.6 Å². The molecule has 0 saturated heterocycles. The number of aryl methyl sites for hydroxylation is 1. The zero-order chi connectivity index (χ0) is 17.2. The predicted octanol–water partition coefficient (Wildman–Crippen LogP) is 3.03. The Bertz CT molecular complexity index is 755. The Labute approximate surface area is 152 Å². The van der Waals surface area contributed by atoms with Gasteiger partial charge in [0.2, 0.25) is 11.1 Å². The summed E-state index contributed by atoms with van der Waals surface area (Å²) in [5.41, 5.74) is 2.66. The third-order valence-electron chi connectivity index (χ3n) is 5.42. The van der Waals surface area contributed by atoms with E-state index in [0.717, 1.165) is 30.8 Å². The summed E-state index contributed by atoms with van der Waals surface area (Å²) in [6.07, 6.45) is 6.78. The van der Waals surface area contributed by atoms with Crippen LogP contribution in [-0.4, -0.2) is 43.8 Å². The zero-order valence-electron chi connectivity index (χ0n) is 14.5. The van der Waals surface area contributed by atoms with Crippen LogP contribution in [0, 0.1) is 0 Å². The van der Waals surface area contributed by atoms with Gasteiger partial charge in [-0.2, -0.15) is 0 Å². The number of fused-ring (bicyclic) bond motifs is 1. The Hall–Kier alpha value is -1.89. The summed E-state index contributed by atoms with van der Waals surface area (Å²) < 4.78 is 1.91. The molecule has 0 N–H and O–H groups in total. The van der Waals surface area contributed by atoms with Gasteiger partial charge >= 0.3 is 0 Å². The molecule has 6 nitrogen and oxygen atoms in total. The maximum absolute atomic E-state index is 12.7. The van der Waals surface area contributed by atoms with Gasteiger partial charge < -0.3 is 4.90 Å². The van der Waals surface area contributed by atoms with Gasteiger partial charge in [-0.25, -0.2) is 4.68 Å². The van der Waals surface area contributed by atoms with E-state index >= 15 is 0 Å². The number of thioether (sulfide) groups is 1. The molecule has 7 heteroatoms. The molecular weight excluding hydrogens is 334 g/mol. The van der Waals surface area contributed by atoms with Crippen LogP contribution in [0.2, 0.25) is 0 Å². The second-order valence-corrected chi connectivity index (χ2v) is 7.83. The van der Waals surface area contributed by atoms with Crippen LogP contribution in [0.5, 0.6) is 0 Å². The number of benzene rings is 1. The van der Waals surface area contributed by atoms with E-state index in [-0.39, 0.29) is 11.9 Å². The van der Waals surface area contributed by atoms with Crippen molar-refractivity contribution in [1.82, 2.24) is 25.1 Å². The van der Waals surface area contributed by atoms with Crippen molar-refractivity contribution in [3.05, 3.63) is 35.4 Å². The molecule has 1 amide bonds. The lowest BCUT2D eigenvalue weighted by Gasteiger charge is -2.25. The molecule has 1 aromatic carbocycles. The highest BCUT2D eigenvalue weighted by atomic mass is 32.2. The third kappa shape index (κ3) is 3.29. The van der Waals surface area contributed by atoms with Crippen LogP contribution < -0.4 is 0 Å². The number of hydrogen-bond donors (Lipinski definition) is 0. The molecule has 0 radical (unpaired) electrons. The Balaban J connectivity index is 1.39. The summed E-state index contributed by atoms with van der Waals surface area (Å²) in [5.74, 6) is 0.509. The molecule has 0 bridgehead atoms. The van der Waals surface area contributed by atoms with Crippen LogP contribution in [-0.2, 0) is 11.2 Å². The molecular formula is C18H23N5OS. The standard InChI is InChI=1S/C18H23N5OS/c1-22(16-11-10-13-6-2-5-9-15(13)16)17(24)12-25-18-19-20-21-23(18)14-7-3-4-8-14/h2,5-6,9,14,16H,3-4,7-8,10-12H2,1H3. The SMILES string of the molecule is CN(C(=O)CSc1nnnn1C1CCCC1)C1CCc2ccccc21. The van der Waals surface area contributed by atoms with Gasteiger partial charge in [-0.15, -0.1) is 5.10 Å². The van der Waals surface area contributed by atoms with Gasteiger partial charge in [-0.05, 0) is 47.2 Å². The molecule has 2 aliphatic rings. The monoisotopic (exact) mass is 357 g/mol. The summed E-state index contributed by atoms with van der Waals surface area (Å²) in [6.45, 7) is 0. The topological polar surface area (TPSA) is 63.9 Å². The predicted molar refractivity (Wildman–Crippen MR) is 96.3 cm³/mol. The molecule has 1 heterocycles. The van der Waals surface area contributed by atoms with Gasteiger partial charge in [-0.1, -0.05) is 48.9 Å². The highest BCUT2D eigenvalue weighted by Crippen LogP contribution is 2.35. The molecule has 25 heavy (non-hydrogen) atoms. The van der Waals surface area contributed by atoms with Crippen LogP contribution in [0.15, 0.2) is 29.4 Å². The van der Waals surface area contributed by atoms with Gasteiger partial charge in [-0.3, -0.25) is 4.79 Å². The van der Waals surface area contributed by atoms with E-state index < -0.39 is 0 Å². The number of rotatable bonds is 5. The highest BCUT2D eigenvalue weighted by Gasteiger charge is 2.29. The minimum atomic E-state index is 0.132. The van der Waals surface area contributed by atoms with Crippen LogP contribution in [0.1, 0.15) is 55.3 Å². The minimum absolute atomic E-state index is 0.132. The van der Waals surface area contributed by atoms with Crippen molar-refractivity contribution in [2.75, 3.05) is 12.8 Å². The first-order chi connectivity index (χ1) is 12.2. The van der Waals surface area contributed by atoms with Crippen LogP contribution in [0.3, 0.4) is 0 Å². The summed E-state index contributed by atoms with van der Waals surface area (Å²) >= 11 is 1.45. The van der Waals surface area contributed by atoms with Gasteiger partial charge in [0.05, 0.1) is 17.8 Å². The van der Waals surface area contributed by atoms with Crippen molar-refractivity contribution in [1.29, 1.82) is 0 Å². The van der Waals surface area contributed by atoms with Crippen molar-refractivity contribution in [3.8, 4) is 0 Å². The van der Waals surface area contributed by atoms with E-state index in [1.165, 1.54) is 35.7 Å². The van der Waals surface area contributed by atoms with E-state index in [1.54, 1.807) is 0 Å². The van der Waals surface area contributed by atoms with Crippen LogP contribution >= 0.6 is 11.8 Å². The molecule has 2 aliphatic carbocycles. The van der Waals surface area contributed by atoms with Gasteiger partial charge in [0.1, 0.15) is 0 Å².